The quantitative estimate of drug-likeness (QED) is 0.0665. The van der Waals surface area contributed by atoms with E-state index in [1.807, 2.05) is 48.5 Å². The van der Waals surface area contributed by atoms with Crippen LogP contribution in [0.25, 0.3) is 0 Å². The molecule has 0 unspecified atom stereocenters. The lowest BCUT2D eigenvalue weighted by Crippen LogP contribution is -2.48. The number of nitrogens with zero attached hydrogens (tertiary/aromatic N) is 2. The molecule has 4 aliphatic carbocycles. The molecule has 0 radical (unpaired) electrons. The van der Waals surface area contributed by atoms with E-state index in [0.717, 1.165) is 123 Å². The Morgan fingerprint density at radius 1 is 0.598 bits per heavy atom. The van der Waals surface area contributed by atoms with Crippen LogP contribution in [0.3, 0.4) is 0 Å². The van der Waals surface area contributed by atoms with Crippen LogP contribution in [-0.4, -0.2) is 101 Å². The minimum absolute atomic E-state index is 0.0502. The lowest BCUT2D eigenvalue weighted by atomic mass is 9.69. The summed E-state index contributed by atoms with van der Waals surface area (Å²) in [5.41, 5.74) is 6.33. The summed E-state index contributed by atoms with van der Waals surface area (Å²) < 4.78 is 34.4. The van der Waals surface area contributed by atoms with Crippen molar-refractivity contribution in [2.24, 2.45) is 23.7 Å². The highest BCUT2D eigenvalue weighted by molar-refractivity contribution is 6.31. The number of hydrogen-bond donors (Lipinski definition) is 0. The molecule has 4 aromatic carbocycles. The average molecular weight is 1160 g/mol. The molecule has 0 amide bonds. The van der Waals surface area contributed by atoms with Crippen LogP contribution in [0.15, 0.2) is 72.8 Å². The molecule has 14 nitrogen and oxygen atoms in total. The fourth-order valence-corrected chi connectivity index (χ4v) is 13.7. The first-order chi connectivity index (χ1) is 39.0. The largest absolute Gasteiger partial charge is 0.490 e. The van der Waals surface area contributed by atoms with Gasteiger partial charge in [-0.05, 0) is 199 Å². The van der Waals surface area contributed by atoms with Gasteiger partial charge in [0.15, 0.2) is 0 Å². The first-order valence-corrected chi connectivity index (χ1v) is 29.9. The van der Waals surface area contributed by atoms with Crippen molar-refractivity contribution in [1.29, 1.82) is 0 Å². The van der Waals surface area contributed by atoms with Crippen LogP contribution in [0.5, 0.6) is 11.5 Å². The van der Waals surface area contributed by atoms with Crippen LogP contribution >= 0.6 is 23.2 Å². The summed E-state index contributed by atoms with van der Waals surface area (Å²) in [4.78, 5) is 79.6. The molecule has 4 aromatic rings. The van der Waals surface area contributed by atoms with Crippen LogP contribution in [0.4, 0.5) is 11.4 Å². The van der Waals surface area contributed by atoms with Crippen molar-refractivity contribution in [3.05, 3.63) is 116 Å². The van der Waals surface area contributed by atoms with Crippen LogP contribution in [-0.2, 0) is 71.4 Å². The third-order valence-electron chi connectivity index (χ3n) is 17.7. The Kier molecular flexibility index (Phi) is 18.4. The summed E-state index contributed by atoms with van der Waals surface area (Å²) in [6.45, 7) is 14.7. The van der Waals surface area contributed by atoms with E-state index in [2.05, 4.69) is 34.1 Å². The second kappa shape index (κ2) is 25.0. The topological polar surface area (TPSA) is 164 Å². The van der Waals surface area contributed by atoms with Crippen molar-refractivity contribution >= 4 is 71.0 Å². The van der Waals surface area contributed by atoms with Crippen LogP contribution in [0, 0.1) is 23.7 Å². The SMILES string of the molecule is COC(=O)[C@@H](CC(=O)OC(C)(C)C)c1ccc2c(c1)N(C[C@@H]1CC[C@H]1C=O)C[C@@]1(CCCc3cc(Cl)ccc31)CO2.COC(=O)[C@H](CC(=O)OC(C)(C)C)c1ccc2c(c1)N(C[C@@H]1CC[C@H]1C=O)C[C@@]1(CCCc3cc(Cl)ccc31)CO2. The second-order valence-corrected chi connectivity index (χ2v) is 26.5. The highest BCUT2D eigenvalue weighted by Gasteiger charge is 2.46. The van der Waals surface area contributed by atoms with Gasteiger partial charge in [-0.2, -0.15) is 0 Å². The highest BCUT2D eigenvalue weighted by Crippen LogP contribution is 2.49. The van der Waals surface area contributed by atoms with E-state index >= 15 is 0 Å². The van der Waals surface area contributed by atoms with E-state index in [0.29, 0.717) is 37.4 Å². The molecule has 440 valence electrons. The van der Waals surface area contributed by atoms with Gasteiger partial charge in [0.1, 0.15) is 35.3 Å². The zero-order valence-corrected chi connectivity index (χ0v) is 50.3. The van der Waals surface area contributed by atoms with E-state index in [9.17, 15) is 28.8 Å². The maximum Gasteiger partial charge on any atom is 0.313 e. The molecule has 0 saturated heterocycles. The number of rotatable bonds is 14. The number of hydrogen-bond acceptors (Lipinski definition) is 14. The molecule has 10 rings (SSSR count). The second-order valence-electron chi connectivity index (χ2n) is 25.7. The third kappa shape index (κ3) is 13.6. The molecule has 2 saturated carbocycles. The summed E-state index contributed by atoms with van der Waals surface area (Å²) in [5, 5.41) is 1.48. The Bertz CT molecular complexity index is 2840. The summed E-state index contributed by atoms with van der Waals surface area (Å²) in [6.07, 6.45) is 11.7. The Hall–Kier alpha value is -6.12. The van der Waals surface area contributed by atoms with Crippen LogP contribution < -0.4 is 19.3 Å². The van der Waals surface area contributed by atoms with Gasteiger partial charge in [0.25, 0.3) is 0 Å². The minimum atomic E-state index is -0.816. The lowest BCUT2D eigenvalue weighted by Gasteiger charge is -2.43. The predicted octanol–water partition coefficient (Wildman–Crippen LogP) is 12.1. The number of methoxy groups -OCH3 is 2. The van der Waals surface area contributed by atoms with Crippen molar-refractivity contribution in [2.75, 3.05) is 63.4 Å². The lowest BCUT2D eigenvalue weighted by molar-refractivity contribution is -0.159. The highest BCUT2D eigenvalue weighted by atomic mass is 35.5. The Morgan fingerprint density at radius 3 is 1.34 bits per heavy atom. The number of halogens is 2. The van der Waals surface area contributed by atoms with Crippen molar-refractivity contribution in [3.8, 4) is 11.5 Å². The number of aryl methyl sites for hydroxylation is 2. The van der Waals surface area contributed by atoms with E-state index in [1.54, 1.807) is 41.5 Å². The van der Waals surface area contributed by atoms with Gasteiger partial charge < -0.3 is 47.8 Å². The van der Waals surface area contributed by atoms with Gasteiger partial charge in [0.05, 0.1) is 63.5 Å². The van der Waals surface area contributed by atoms with E-state index in [4.69, 9.17) is 51.6 Å². The zero-order chi connectivity index (χ0) is 58.7. The summed E-state index contributed by atoms with van der Waals surface area (Å²) in [5.74, 6) is -1.47. The number of ether oxygens (including phenoxy) is 6. The fourth-order valence-electron chi connectivity index (χ4n) is 13.3. The molecular formula is C66H80Cl2N2O12. The number of aldehydes is 2. The van der Waals surface area contributed by atoms with E-state index in [-0.39, 0.29) is 47.3 Å². The minimum Gasteiger partial charge on any atom is -0.490 e. The number of fused-ring (bicyclic) bond motifs is 6. The molecule has 0 N–H and O–H groups in total. The van der Waals surface area contributed by atoms with Crippen molar-refractivity contribution in [2.45, 2.75) is 152 Å². The molecule has 16 heteroatoms. The molecule has 6 aliphatic rings. The number of esters is 4. The van der Waals surface area contributed by atoms with Gasteiger partial charge in [-0.3, -0.25) is 19.2 Å². The average Bonchev–Trinajstić information content (AvgIpc) is 3.78. The predicted molar refractivity (Wildman–Crippen MR) is 315 cm³/mol. The fraction of sp³-hybridized carbons (Fsp3) is 0.545. The van der Waals surface area contributed by atoms with Gasteiger partial charge in [-0.15, -0.1) is 0 Å². The van der Waals surface area contributed by atoms with Crippen LogP contribution in [0.1, 0.15) is 151 Å². The molecule has 2 spiro atoms. The normalized spacial score (nSPS) is 24.2. The molecule has 2 heterocycles. The number of carbonyl (C=O) groups excluding carboxylic acids is 6. The molecule has 8 atom stereocenters. The first kappa shape index (κ1) is 60.5. The van der Waals surface area contributed by atoms with E-state index < -0.39 is 46.9 Å². The molecule has 82 heavy (non-hydrogen) atoms. The van der Waals surface area contributed by atoms with Gasteiger partial charge in [-0.1, -0.05) is 47.5 Å². The number of benzene rings is 4. The van der Waals surface area contributed by atoms with Crippen LogP contribution in [0.2, 0.25) is 10.0 Å². The van der Waals surface area contributed by atoms with Crippen molar-refractivity contribution in [1.82, 2.24) is 0 Å². The maximum atomic E-state index is 12.9. The van der Waals surface area contributed by atoms with Gasteiger partial charge >= 0.3 is 23.9 Å². The summed E-state index contributed by atoms with van der Waals surface area (Å²) in [6, 6.07) is 23.7. The Balaban J connectivity index is 0.000000198. The van der Waals surface area contributed by atoms with Crippen molar-refractivity contribution in [3.63, 3.8) is 0 Å². The smallest absolute Gasteiger partial charge is 0.313 e. The standard InChI is InChI=1S/2C33H40ClNO6/c2*1-32(2,3)41-30(37)16-26(31(38)39-4)21-9-12-29-28(15-21)35(17-23-7-8-24(23)18-36)19-33(20-40-29)13-5-6-22-14-25(34)10-11-27(22)33/h2*9-12,14-15,18,23-24,26H,5-8,13,16-17,19-20H2,1-4H3/t23-,24-,26+,33-;23-,24-,26-,33-/m00/s1. The summed E-state index contributed by atoms with van der Waals surface area (Å²) >= 11 is 12.8. The van der Waals surface area contributed by atoms with E-state index in [1.165, 1.54) is 36.5 Å². The summed E-state index contributed by atoms with van der Waals surface area (Å²) in [7, 11) is 2.66. The third-order valence-corrected chi connectivity index (χ3v) is 18.2. The molecule has 2 aliphatic heterocycles. The number of carbonyl (C=O) groups is 6. The molecule has 0 bridgehead atoms. The molecule has 2 fully saturated rings. The number of anilines is 2. The first-order valence-electron chi connectivity index (χ1n) is 29.1. The monoisotopic (exact) mass is 1160 g/mol. The maximum absolute atomic E-state index is 12.9. The molecule has 0 aromatic heterocycles. The molecular weight excluding hydrogens is 1080 g/mol. The van der Waals surface area contributed by atoms with Gasteiger partial charge in [0.2, 0.25) is 0 Å². The zero-order valence-electron chi connectivity index (χ0n) is 48.8. The Labute approximate surface area is 493 Å². The Morgan fingerprint density at radius 2 is 1.00 bits per heavy atom. The van der Waals surface area contributed by atoms with Crippen molar-refractivity contribution < 1.29 is 57.2 Å². The van der Waals surface area contributed by atoms with Gasteiger partial charge in [-0.25, -0.2) is 0 Å². The van der Waals surface area contributed by atoms with Gasteiger partial charge in [0, 0.05) is 58.9 Å².